The van der Waals surface area contributed by atoms with Crippen LogP contribution in [0, 0.1) is 0 Å². The summed E-state index contributed by atoms with van der Waals surface area (Å²) in [5, 5.41) is 2.84. The highest BCUT2D eigenvalue weighted by atomic mass is 32.2. The van der Waals surface area contributed by atoms with Crippen LogP contribution in [-0.4, -0.2) is 57.6 Å². The maximum absolute atomic E-state index is 13.9. The molecule has 1 atom stereocenters. The zero-order valence-electron chi connectivity index (χ0n) is 21.3. The molecule has 0 bridgehead atoms. The van der Waals surface area contributed by atoms with Crippen LogP contribution in [0.3, 0.4) is 0 Å². The number of benzene rings is 3. The summed E-state index contributed by atoms with van der Waals surface area (Å²) in [5.41, 5.74) is 2.00. The number of rotatable bonds is 12. The maximum Gasteiger partial charge on any atom is 0.244 e. The molecule has 0 aliphatic heterocycles. The van der Waals surface area contributed by atoms with E-state index in [4.69, 9.17) is 4.74 Å². The summed E-state index contributed by atoms with van der Waals surface area (Å²) in [6.45, 7) is 1.85. The molecule has 0 aromatic heterocycles. The Kier molecular flexibility index (Phi) is 9.68. The lowest BCUT2D eigenvalue weighted by Gasteiger charge is -2.33. The molecule has 0 saturated heterocycles. The van der Waals surface area contributed by atoms with Gasteiger partial charge in [-0.3, -0.25) is 13.9 Å². The van der Waals surface area contributed by atoms with Crippen LogP contribution in [0.15, 0.2) is 84.9 Å². The fraction of sp³-hybridized carbons (Fsp3) is 0.286. The van der Waals surface area contributed by atoms with Gasteiger partial charge in [0.05, 0.1) is 19.1 Å². The molecule has 0 radical (unpaired) electrons. The smallest absolute Gasteiger partial charge is 0.244 e. The summed E-state index contributed by atoms with van der Waals surface area (Å²) in [5.74, 6) is -0.193. The van der Waals surface area contributed by atoms with E-state index in [0.29, 0.717) is 18.0 Å². The van der Waals surface area contributed by atoms with Crippen LogP contribution >= 0.6 is 0 Å². The molecule has 2 amide bonds. The highest BCUT2D eigenvalue weighted by Crippen LogP contribution is 2.21. The Hall–Kier alpha value is -3.85. The van der Waals surface area contributed by atoms with Gasteiger partial charge in [-0.15, -0.1) is 0 Å². The zero-order chi connectivity index (χ0) is 26.8. The van der Waals surface area contributed by atoms with Gasteiger partial charge in [0.15, 0.2) is 0 Å². The number of nitrogens with one attached hydrogen (secondary N) is 1. The van der Waals surface area contributed by atoms with E-state index in [0.717, 1.165) is 21.7 Å². The quantitative estimate of drug-likeness (QED) is 0.393. The van der Waals surface area contributed by atoms with E-state index in [1.165, 1.54) is 4.90 Å². The molecule has 37 heavy (non-hydrogen) atoms. The standard InChI is InChI=1S/C28H33N3O5S/c1-4-29-28(33)26(19-22-12-7-5-8-13-22)30(20-23-14-11-17-25(18-23)36-2)27(32)21-31(37(3,34)35)24-15-9-6-10-16-24/h5-18,26H,4,19-21H2,1-3H3,(H,29,33)/t26-/m0/s1. The normalized spacial score (nSPS) is 11.9. The van der Waals surface area contributed by atoms with Crippen molar-refractivity contribution >= 4 is 27.5 Å². The largest absolute Gasteiger partial charge is 0.497 e. The van der Waals surface area contributed by atoms with Gasteiger partial charge in [0.1, 0.15) is 18.3 Å². The van der Waals surface area contributed by atoms with Crippen LogP contribution in [0.1, 0.15) is 18.1 Å². The van der Waals surface area contributed by atoms with Crippen molar-refractivity contribution in [3.05, 3.63) is 96.1 Å². The Morgan fingerprint density at radius 2 is 1.54 bits per heavy atom. The number of methoxy groups -OCH3 is 1. The van der Waals surface area contributed by atoms with Crippen molar-refractivity contribution in [2.45, 2.75) is 25.9 Å². The van der Waals surface area contributed by atoms with Crippen LogP contribution < -0.4 is 14.4 Å². The molecule has 0 aliphatic rings. The molecule has 3 aromatic carbocycles. The lowest BCUT2D eigenvalue weighted by Crippen LogP contribution is -2.53. The Balaban J connectivity index is 2.03. The van der Waals surface area contributed by atoms with Crippen molar-refractivity contribution < 1.29 is 22.7 Å². The predicted octanol–water partition coefficient (Wildman–Crippen LogP) is 3.24. The van der Waals surface area contributed by atoms with Gasteiger partial charge in [0.2, 0.25) is 21.8 Å². The van der Waals surface area contributed by atoms with Crippen LogP contribution in [0.4, 0.5) is 5.69 Å². The van der Waals surface area contributed by atoms with Gasteiger partial charge in [0, 0.05) is 19.5 Å². The number of likely N-dealkylation sites (N-methyl/N-ethyl adjacent to an activating group) is 1. The number of ether oxygens (including phenoxy) is 1. The molecule has 3 rings (SSSR count). The summed E-state index contributed by atoms with van der Waals surface area (Å²) in [6.07, 6.45) is 1.33. The zero-order valence-corrected chi connectivity index (χ0v) is 22.1. The molecule has 8 nitrogen and oxygen atoms in total. The average molecular weight is 524 g/mol. The molecule has 0 unspecified atom stereocenters. The molecule has 0 fully saturated rings. The SMILES string of the molecule is CCNC(=O)[C@H](Cc1ccccc1)N(Cc1cccc(OC)c1)C(=O)CN(c1ccccc1)S(C)(=O)=O. The Bertz CT molecular complexity index is 1280. The molecule has 196 valence electrons. The number of carbonyl (C=O) groups is 2. The first-order valence-electron chi connectivity index (χ1n) is 12.0. The molecular weight excluding hydrogens is 490 g/mol. The minimum Gasteiger partial charge on any atom is -0.497 e. The number of sulfonamides is 1. The van der Waals surface area contributed by atoms with E-state index < -0.39 is 28.5 Å². The minimum absolute atomic E-state index is 0.0943. The van der Waals surface area contributed by atoms with E-state index in [9.17, 15) is 18.0 Å². The number of carbonyl (C=O) groups excluding carboxylic acids is 2. The first-order chi connectivity index (χ1) is 17.7. The third kappa shape index (κ3) is 7.82. The average Bonchev–Trinajstić information content (AvgIpc) is 2.89. The van der Waals surface area contributed by atoms with Gasteiger partial charge in [-0.25, -0.2) is 8.42 Å². The number of hydrogen-bond acceptors (Lipinski definition) is 5. The second-order valence-corrected chi connectivity index (χ2v) is 10.5. The second kappa shape index (κ2) is 12.9. The van der Waals surface area contributed by atoms with Crippen LogP contribution in [0.5, 0.6) is 5.75 Å². The molecule has 0 heterocycles. The van der Waals surface area contributed by atoms with Gasteiger partial charge >= 0.3 is 0 Å². The predicted molar refractivity (Wildman–Crippen MR) is 145 cm³/mol. The van der Waals surface area contributed by atoms with E-state index in [2.05, 4.69) is 5.32 Å². The summed E-state index contributed by atoms with van der Waals surface area (Å²) in [7, 11) is -2.23. The van der Waals surface area contributed by atoms with Crippen LogP contribution in [-0.2, 0) is 32.6 Å². The summed E-state index contributed by atoms with van der Waals surface area (Å²) in [4.78, 5) is 28.6. The van der Waals surface area contributed by atoms with Crippen molar-refractivity contribution in [2.24, 2.45) is 0 Å². The summed E-state index contributed by atoms with van der Waals surface area (Å²) >= 11 is 0. The third-order valence-corrected chi connectivity index (χ3v) is 6.97. The van der Waals surface area contributed by atoms with Crippen molar-refractivity contribution in [2.75, 3.05) is 30.8 Å². The van der Waals surface area contributed by atoms with Gasteiger partial charge in [-0.2, -0.15) is 0 Å². The van der Waals surface area contributed by atoms with Gasteiger partial charge in [-0.1, -0.05) is 60.7 Å². The van der Waals surface area contributed by atoms with E-state index >= 15 is 0 Å². The van der Waals surface area contributed by atoms with Gasteiger partial charge in [0.25, 0.3) is 0 Å². The number of amides is 2. The van der Waals surface area contributed by atoms with Crippen molar-refractivity contribution in [1.29, 1.82) is 0 Å². The van der Waals surface area contributed by atoms with Gasteiger partial charge < -0.3 is 15.0 Å². The molecule has 0 aliphatic carbocycles. The van der Waals surface area contributed by atoms with E-state index in [1.807, 2.05) is 49.4 Å². The fourth-order valence-corrected chi connectivity index (χ4v) is 4.87. The van der Waals surface area contributed by atoms with Crippen molar-refractivity contribution in [3.8, 4) is 5.75 Å². The summed E-state index contributed by atoms with van der Waals surface area (Å²) in [6, 6.07) is 24.2. The first-order valence-corrected chi connectivity index (χ1v) is 13.8. The lowest BCUT2D eigenvalue weighted by atomic mass is 10.0. The van der Waals surface area contributed by atoms with E-state index in [1.54, 1.807) is 49.6 Å². The Morgan fingerprint density at radius 3 is 2.14 bits per heavy atom. The first kappa shape index (κ1) is 27.7. The minimum atomic E-state index is -3.78. The number of para-hydroxylation sites is 1. The van der Waals surface area contributed by atoms with Crippen molar-refractivity contribution in [1.82, 2.24) is 10.2 Å². The number of hydrogen-bond donors (Lipinski definition) is 1. The molecule has 1 N–H and O–H groups in total. The number of nitrogens with zero attached hydrogens (tertiary/aromatic N) is 2. The molecule has 9 heteroatoms. The maximum atomic E-state index is 13.9. The summed E-state index contributed by atoms with van der Waals surface area (Å²) < 4.78 is 31.8. The van der Waals surface area contributed by atoms with Gasteiger partial charge in [-0.05, 0) is 42.3 Å². The molecule has 3 aromatic rings. The molecule has 0 spiro atoms. The van der Waals surface area contributed by atoms with Crippen LogP contribution in [0.2, 0.25) is 0 Å². The molecular formula is C28H33N3O5S. The third-order valence-electron chi connectivity index (χ3n) is 5.83. The van der Waals surface area contributed by atoms with Crippen molar-refractivity contribution in [3.63, 3.8) is 0 Å². The fourth-order valence-electron chi connectivity index (χ4n) is 4.02. The van der Waals surface area contributed by atoms with E-state index in [-0.39, 0.29) is 18.9 Å². The highest BCUT2D eigenvalue weighted by molar-refractivity contribution is 7.92. The molecule has 0 saturated carbocycles. The highest BCUT2D eigenvalue weighted by Gasteiger charge is 2.32. The van der Waals surface area contributed by atoms with Crippen LogP contribution in [0.25, 0.3) is 0 Å². The number of anilines is 1. The monoisotopic (exact) mass is 523 g/mol. The lowest BCUT2D eigenvalue weighted by molar-refractivity contribution is -0.140. The Labute approximate surface area is 218 Å². The topological polar surface area (TPSA) is 96.0 Å². The Morgan fingerprint density at radius 1 is 0.919 bits per heavy atom. The second-order valence-electron chi connectivity index (χ2n) is 8.58.